The second-order valence-electron chi connectivity index (χ2n) is 5.38. The Bertz CT molecular complexity index is 861. The number of carbonyl (C=O) groups is 2. The summed E-state index contributed by atoms with van der Waals surface area (Å²) in [5, 5.41) is 9.11. The average molecular weight is 382 g/mol. The first-order valence-electron chi connectivity index (χ1n) is 7.31. The average Bonchev–Trinajstić information content (AvgIpc) is 2.53. The lowest BCUT2D eigenvalue weighted by Crippen LogP contribution is -2.14. The van der Waals surface area contributed by atoms with Gasteiger partial charge in [0.05, 0.1) is 11.1 Å². The Balaban J connectivity index is 0.000000597. The van der Waals surface area contributed by atoms with Gasteiger partial charge >= 0.3 is 19.8 Å². The number of rotatable bonds is 3. The molecule has 140 valence electrons. The van der Waals surface area contributed by atoms with Crippen LogP contribution in [-0.4, -0.2) is 31.7 Å². The zero-order chi connectivity index (χ0) is 20.1. The minimum Gasteiger partial charge on any atom is -0.478 e. The van der Waals surface area contributed by atoms with Crippen LogP contribution in [0.15, 0.2) is 36.4 Å². The molecular weight excluding hydrogens is 363 g/mol. The number of esters is 1. The molecule has 0 saturated heterocycles. The van der Waals surface area contributed by atoms with Crippen LogP contribution in [0.5, 0.6) is 5.75 Å². The molecular formula is C17H19O8P. The van der Waals surface area contributed by atoms with Crippen molar-refractivity contribution in [1.29, 1.82) is 0 Å². The third kappa shape index (κ3) is 6.42. The van der Waals surface area contributed by atoms with E-state index in [0.717, 1.165) is 16.7 Å². The van der Waals surface area contributed by atoms with Gasteiger partial charge in [-0.15, -0.1) is 0 Å². The molecule has 0 atom stereocenters. The van der Waals surface area contributed by atoms with Gasteiger partial charge in [-0.1, -0.05) is 18.2 Å². The monoisotopic (exact) mass is 382 g/mol. The first-order chi connectivity index (χ1) is 11.9. The van der Waals surface area contributed by atoms with Crippen LogP contribution in [0, 0.1) is 20.8 Å². The molecule has 0 aromatic heterocycles. The minimum atomic E-state index is -4.64. The van der Waals surface area contributed by atoms with Crippen LogP contribution in [-0.2, 0) is 4.57 Å². The lowest BCUT2D eigenvalue weighted by molar-refractivity contribution is 0.0667. The summed E-state index contributed by atoms with van der Waals surface area (Å²) < 4.78 is 14.2. The van der Waals surface area contributed by atoms with Gasteiger partial charge in [-0.05, 0) is 55.7 Å². The summed E-state index contributed by atoms with van der Waals surface area (Å²) in [5.74, 6) is -1.37. The van der Waals surface area contributed by atoms with E-state index in [1.807, 2.05) is 26.8 Å². The molecule has 0 amide bonds. The van der Waals surface area contributed by atoms with Crippen molar-refractivity contribution in [3.63, 3.8) is 0 Å². The summed E-state index contributed by atoms with van der Waals surface area (Å²) in [4.78, 5) is 44.9. The highest BCUT2D eigenvalue weighted by molar-refractivity contribution is 7.45. The SMILES string of the molecule is Cc1ccc(OC(=O)c2ccccc2C(=O)O)c(C)c1C.O=P(O)(O)O. The molecule has 0 bridgehead atoms. The molecule has 4 N–H and O–H groups in total. The number of hydrogen-bond acceptors (Lipinski definition) is 4. The van der Waals surface area contributed by atoms with E-state index in [1.54, 1.807) is 18.2 Å². The Morgan fingerprint density at radius 2 is 1.38 bits per heavy atom. The zero-order valence-electron chi connectivity index (χ0n) is 14.3. The molecule has 9 heteroatoms. The van der Waals surface area contributed by atoms with Crippen molar-refractivity contribution < 1.29 is 38.7 Å². The van der Waals surface area contributed by atoms with E-state index in [4.69, 9.17) is 29.1 Å². The number of aromatic carboxylic acids is 1. The molecule has 26 heavy (non-hydrogen) atoms. The Morgan fingerprint density at radius 1 is 0.885 bits per heavy atom. The highest BCUT2D eigenvalue weighted by Gasteiger charge is 2.18. The normalized spacial score (nSPS) is 10.5. The van der Waals surface area contributed by atoms with Crippen molar-refractivity contribution in [1.82, 2.24) is 0 Å². The lowest BCUT2D eigenvalue weighted by Gasteiger charge is -2.12. The molecule has 2 aromatic carbocycles. The predicted molar refractivity (Wildman–Crippen MR) is 93.3 cm³/mol. The first-order valence-corrected chi connectivity index (χ1v) is 8.88. The number of aryl methyl sites for hydroxylation is 1. The highest BCUT2D eigenvalue weighted by atomic mass is 31.2. The van der Waals surface area contributed by atoms with Gasteiger partial charge in [0.1, 0.15) is 5.75 Å². The molecule has 0 saturated carbocycles. The Kier molecular flexibility index (Phi) is 7.23. The topological polar surface area (TPSA) is 141 Å². The Hall–Kier alpha value is -2.51. The van der Waals surface area contributed by atoms with Gasteiger partial charge in [-0.25, -0.2) is 14.2 Å². The van der Waals surface area contributed by atoms with Crippen LogP contribution < -0.4 is 4.74 Å². The summed E-state index contributed by atoms with van der Waals surface area (Å²) in [6.45, 7) is 5.80. The lowest BCUT2D eigenvalue weighted by atomic mass is 10.0. The summed E-state index contributed by atoms with van der Waals surface area (Å²) in [7, 11) is -4.64. The molecule has 0 aliphatic heterocycles. The maximum absolute atomic E-state index is 12.2. The number of carbonyl (C=O) groups excluding carboxylic acids is 1. The van der Waals surface area contributed by atoms with Crippen molar-refractivity contribution >= 4 is 19.8 Å². The maximum Gasteiger partial charge on any atom is 0.466 e. The van der Waals surface area contributed by atoms with Crippen LogP contribution in [0.2, 0.25) is 0 Å². The van der Waals surface area contributed by atoms with E-state index in [1.165, 1.54) is 12.1 Å². The first kappa shape index (κ1) is 21.5. The number of phosphoric acid groups is 1. The van der Waals surface area contributed by atoms with Gasteiger partial charge in [0, 0.05) is 0 Å². The minimum absolute atomic E-state index is 0.0441. The number of ether oxygens (including phenoxy) is 1. The summed E-state index contributed by atoms with van der Waals surface area (Å²) in [6, 6.07) is 9.60. The van der Waals surface area contributed by atoms with Crippen LogP contribution >= 0.6 is 7.82 Å². The standard InChI is InChI=1S/C17H16O4.H3O4P/c1-10-8-9-15(12(3)11(10)2)21-17(20)14-7-5-4-6-13(14)16(18)19;1-5(2,3)4/h4-9H,1-3H3,(H,18,19);(H3,1,2,3,4). The molecule has 0 heterocycles. The number of carboxylic acid groups (broad SMARTS) is 1. The van der Waals surface area contributed by atoms with Crippen molar-refractivity contribution in [3.8, 4) is 5.75 Å². The number of benzene rings is 2. The van der Waals surface area contributed by atoms with E-state index in [0.29, 0.717) is 5.75 Å². The molecule has 0 unspecified atom stereocenters. The van der Waals surface area contributed by atoms with Crippen LogP contribution in [0.25, 0.3) is 0 Å². The fourth-order valence-corrected chi connectivity index (χ4v) is 2.04. The Morgan fingerprint density at radius 3 is 1.88 bits per heavy atom. The van der Waals surface area contributed by atoms with Crippen molar-refractivity contribution in [3.05, 3.63) is 64.2 Å². The molecule has 0 radical (unpaired) electrons. The quantitative estimate of drug-likeness (QED) is 0.361. The van der Waals surface area contributed by atoms with Gasteiger partial charge in [0.25, 0.3) is 0 Å². The zero-order valence-corrected chi connectivity index (χ0v) is 15.2. The van der Waals surface area contributed by atoms with Gasteiger partial charge in [0.15, 0.2) is 0 Å². The third-order valence-electron chi connectivity index (χ3n) is 3.59. The number of hydrogen-bond donors (Lipinski definition) is 4. The van der Waals surface area contributed by atoms with Gasteiger partial charge in [-0.3, -0.25) is 0 Å². The number of carboxylic acids is 1. The van der Waals surface area contributed by atoms with Gasteiger partial charge < -0.3 is 24.5 Å². The predicted octanol–water partition coefficient (Wildman–Crippen LogP) is 2.60. The fourth-order valence-electron chi connectivity index (χ4n) is 2.04. The molecule has 2 aromatic rings. The highest BCUT2D eigenvalue weighted by Crippen LogP contribution is 2.26. The van der Waals surface area contributed by atoms with E-state index in [-0.39, 0.29) is 11.1 Å². The van der Waals surface area contributed by atoms with E-state index in [2.05, 4.69) is 0 Å². The molecule has 8 nitrogen and oxygen atoms in total. The second kappa shape index (κ2) is 8.73. The molecule has 2 rings (SSSR count). The molecule has 0 aliphatic carbocycles. The van der Waals surface area contributed by atoms with Gasteiger partial charge in [0.2, 0.25) is 0 Å². The molecule has 0 aliphatic rings. The van der Waals surface area contributed by atoms with Crippen LogP contribution in [0.3, 0.4) is 0 Å². The second-order valence-corrected chi connectivity index (χ2v) is 6.41. The molecule has 0 fully saturated rings. The summed E-state index contributed by atoms with van der Waals surface area (Å²) >= 11 is 0. The van der Waals surface area contributed by atoms with Gasteiger partial charge in [-0.2, -0.15) is 0 Å². The summed E-state index contributed by atoms with van der Waals surface area (Å²) in [5.41, 5.74) is 3.01. The maximum atomic E-state index is 12.2. The Labute approximate surface area is 149 Å². The van der Waals surface area contributed by atoms with Crippen molar-refractivity contribution in [2.24, 2.45) is 0 Å². The van der Waals surface area contributed by atoms with E-state index in [9.17, 15) is 9.59 Å². The van der Waals surface area contributed by atoms with Crippen LogP contribution in [0.1, 0.15) is 37.4 Å². The smallest absolute Gasteiger partial charge is 0.466 e. The summed E-state index contributed by atoms with van der Waals surface area (Å²) in [6.07, 6.45) is 0. The van der Waals surface area contributed by atoms with Crippen molar-refractivity contribution in [2.45, 2.75) is 20.8 Å². The molecule has 0 spiro atoms. The largest absolute Gasteiger partial charge is 0.478 e. The van der Waals surface area contributed by atoms with Crippen LogP contribution in [0.4, 0.5) is 0 Å². The fraction of sp³-hybridized carbons (Fsp3) is 0.176. The van der Waals surface area contributed by atoms with E-state index < -0.39 is 19.8 Å². The van der Waals surface area contributed by atoms with E-state index >= 15 is 0 Å². The third-order valence-corrected chi connectivity index (χ3v) is 3.59. The van der Waals surface area contributed by atoms with Crippen molar-refractivity contribution in [2.75, 3.05) is 0 Å².